The van der Waals surface area contributed by atoms with Crippen molar-refractivity contribution in [1.29, 1.82) is 0 Å². The van der Waals surface area contributed by atoms with Crippen molar-refractivity contribution in [3.05, 3.63) is 0 Å². The Bertz CT molecular complexity index is 485. The van der Waals surface area contributed by atoms with E-state index >= 15 is 0 Å². The summed E-state index contributed by atoms with van der Waals surface area (Å²) in [6.07, 6.45) is 4.86. The van der Waals surface area contributed by atoms with Crippen LogP contribution in [0.5, 0.6) is 0 Å². The molecule has 3 saturated heterocycles. The van der Waals surface area contributed by atoms with Gasteiger partial charge in [0.1, 0.15) is 0 Å². The molecule has 0 saturated carbocycles. The molecule has 8 heteroatoms. The van der Waals surface area contributed by atoms with Crippen LogP contribution in [-0.4, -0.2) is 99.6 Å². The third-order valence-corrected chi connectivity index (χ3v) is 6.56. The van der Waals surface area contributed by atoms with Crippen LogP contribution in [0.15, 0.2) is 4.99 Å². The number of guanidine groups is 1. The second-order valence-corrected chi connectivity index (χ2v) is 8.72. The van der Waals surface area contributed by atoms with Crippen LogP contribution in [0.2, 0.25) is 0 Å². The fourth-order valence-electron chi connectivity index (χ4n) is 4.60. The molecular formula is C20H40IN5O2. The van der Waals surface area contributed by atoms with Gasteiger partial charge in [-0.2, -0.15) is 0 Å². The van der Waals surface area contributed by atoms with Crippen LogP contribution in [0.1, 0.15) is 39.5 Å². The Kier molecular flexibility index (Phi) is 9.72. The summed E-state index contributed by atoms with van der Waals surface area (Å²) in [5.74, 6) is 0.904. The van der Waals surface area contributed by atoms with E-state index in [9.17, 15) is 0 Å². The van der Waals surface area contributed by atoms with Gasteiger partial charge in [-0.05, 0) is 52.6 Å². The highest BCUT2D eigenvalue weighted by atomic mass is 127. The third-order valence-electron chi connectivity index (χ3n) is 6.56. The van der Waals surface area contributed by atoms with Gasteiger partial charge in [0.25, 0.3) is 0 Å². The van der Waals surface area contributed by atoms with Crippen LogP contribution < -0.4 is 10.6 Å². The van der Waals surface area contributed by atoms with E-state index in [1.807, 2.05) is 7.05 Å². The molecule has 0 spiro atoms. The van der Waals surface area contributed by atoms with E-state index < -0.39 is 0 Å². The minimum Gasteiger partial charge on any atom is -0.381 e. The van der Waals surface area contributed by atoms with Crippen molar-refractivity contribution >= 4 is 29.9 Å². The minimum atomic E-state index is 0. The van der Waals surface area contributed by atoms with Crippen molar-refractivity contribution in [1.82, 2.24) is 20.4 Å². The predicted molar refractivity (Wildman–Crippen MR) is 125 cm³/mol. The van der Waals surface area contributed by atoms with E-state index in [0.29, 0.717) is 0 Å². The van der Waals surface area contributed by atoms with Gasteiger partial charge in [0.15, 0.2) is 5.96 Å². The lowest BCUT2D eigenvalue weighted by Crippen LogP contribution is -2.60. The summed E-state index contributed by atoms with van der Waals surface area (Å²) in [6.45, 7) is 14.2. The standard InChI is InChI=1S/C20H39N5O2.HI/c1-19(2,24-10-14-27-15-11-24)16-22-18(21-3)23-17-20(6-12-26-13-7-20)25-8-4-5-9-25;/h4-17H2,1-3H3,(H2,21,22,23);1H. The van der Waals surface area contributed by atoms with Crippen LogP contribution in [-0.2, 0) is 9.47 Å². The first-order chi connectivity index (χ1) is 13.1. The zero-order valence-corrected chi connectivity index (χ0v) is 20.3. The van der Waals surface area contributed by atoms with Gasteiger partial charge in [-0.1, -0.05) is 0 Å². The zero-order valence-electron chi connectivity index (χ0n) is 18.0. The highest BCUT2D eigenvalue weighted by Gasteiger charge is 2.39. The number of morpholine rings is 1. The Balaban J connectivity index is 0.00000280. The lowest BCUT2D eigenvalue weighted by Gasteiger charge is -2.45. The smallest absolute Gasteiger partial charge is 0.191 e. The van der Waals surface area contributed by atoms with Gasteiger partial charge in [-0.15, -0.1) is 24.0 Å². The van der Waals surface area contributed by atoms with Gasteiger partial charge in [-0.25, -0.2) is 0 Å². The second-order valence-electron chi connectivity index (χ2n) is 8.72. The van der Waals surface area contributed by atoms with Gasteiger partial charge in [0, 0.05) is 57.5 Å². The molecular weight excluding hydrogens is 469 g/mol. The second kappa shape index (κ2) is 11.3. The number of likely N-dealkylation sites (tertiary alicyclic amines) is 1. The van der Waals surface area contributed by atoms with E-state index in [4.69, 9.17) is 9.47 Å². The molecule has 3 aliphatic rings. The normalized spacial score (nSPS) is 24.6. The van der Waals surface area contributed by atoms with E-state index in [2.05, 4.69) is 39.3 Å². The Morgan fingerprint density at radius 1 is 0.964 bits per heavy atom. The highest BCUT2D eigenvalue weighted by molar-refractivity contribution is 14.0. The van der Waals surface area contributed by atoms with Gasteiger partial charge < -0.3 is 20.1 Å². The Morgan fingerprint density at radius 2 is 1.57 bits per heavy atom. The van der Waals surface area contributed by atoms with Crippen molar-refractivity contribution in [3.63, 3.8) is 0 Å². The molecule has 3 heterocycles. The maximum Gasteiger partial charge on any atom is 0.191 e. The van der Waals surface area contributed by atoms with Crippen molar-refractivity contribution < 1.29 is 9.47 Å². The summed E-state index contributed by atoms with van der Waals surface area (Å²) in [5.41, 5.74) is 0.290. The Labute approximate surface area is 188 Å². The van der Waals surface area contributed by atoms with Crippen molar-refractivity contribution in [2.45, 2.75) is 50.6 Å². The molecule has 0 atom stereocenters. The van der Waals surface area contributed by atoms with Crippen molar-refractivity contribution in [3.8, 4) is 0 Å². The number of hydrogen-bond donors (Lipinski definition) is 2. The highest BCUT2D eigenvalue weighted by Crippen LogP contribution is 2.30. The molecule has 3 fully saturated rings. The molecule has 0 aromatic heterocycles. The van der Waals surface area contributed by atoms with Crippen LogP contribution in [0, 0.1) is 0 Å². The third kappa shape index (κ3) is 6.17. The molecule has 3 aliphatic heterocycles. The fraction of sp³-hybridized carbons (Fsp3) is 0.950. The summed E-state index contributed by atoms with van der Waals surface area (Å²) in [6, 6.07) is 0. The molecule has 0 amide bonds. The molecule has 3 rings (SSSR count). The number of hydrogen-bond acceptors (Lipinski definition) is 5. The average molecular weight is 509 g/mol. The molecule has 2 N–H and O–H groups in total. The number of nitrogens with one attached hydrogen (secondary N) is 2. The van der Waals surface area contributed by atoms with Crippen LogP contribution in [0.3, 0.4) is 0 Å². The summed E-state index contributed by atoms with van der Waals surface area (Å²) in [5, 5.41) is 7.19. The maximum absolute atomic E-state index is 5.66. The number of nitrogens with zero attached hydrogens (tertiary/aromatic N) is 3. The predicted octanol–water partition coefficient (Wildman–Crippen LogP) is 1.53. The monoisotopic (exact) mass is 509 g/mol. The number of ether oxygens (including phenoxy) is 2. The van der Waals surface area contributed by atoms with E-state index in [0.717, 1.165) is 71.4 Å². The SMILES string of the molecule is CN=C(NCC(C)(C)N1CCOCC1)NCC1(N2CCCC2)CCOCC1.I. The van der Waals surface area contributed by atoms with Crippen LogP contribution >= 0.6 is 24.0 Å². The van der Waals surface area contributed by atoms with Crippen molar-refractivity contribution in [2.24, 2.45) is 4.99 Å². The Morgan fingerprint density at radius 3 is 2.18 bits per heavy atom. The molecule has 0 aliphatic carbocycles. The van der Waals surface area contributed by atoms with Gasteiger partial charge in [0.05, 0.1) is 13.2 Å². The quantitative estimate of drug-likeness (QED) is 0.322. The van der Waals surface area contributed by atoms with E-state index in [1.54, 1.807) is 0 Å². The molecule has 0 aromatic rings. The first-order valence-corrected chi connectivity index (χ1v) is 10.7. The van der Waals surface area contributed by atoms with Crippen molar-refractivity contribution in [2.75, 3.05) is 72.7 Å². The Hall–Kier alpha value is -0.160. The topological polar surface area (TPSA) is 61.4 Å². The number of halogens is 1. The summed E-state index contributed by atoms with van der Waals surface area (Å²) < 4.78 is 11.2. The maximum atomic E-state index is 5.66. The number of aliphatic imine (C=N–C) groups is 1. The molecule has 0 radical (unpaired) electrons. The fourth-order valence-corrected chi connectivity index (χ4v) is 4.60. The molecule has 0 aromatic carbocycles. The summed E-state index contributed by atoms with van der Waals surface area (Å²) in [7, 11) is 1.86. The first kappa shape index (κ1) is 24.1. The van der Waals surface area contributed by atoms with Gasteiger partial charge in [0.2, 0.25) is 0 Å². The van der Waals surface area contributed by atoms with E-state index in [1.165, 1.54) is 25.9 Å². The number of rotatable bonds is 6. The molecule has 0 bridgehead atoms. The summed E-state index contributed by atoms with van der Waals surface area (Å²) >= 11 is 0. The van der Waals surface area contributed by atoms with Gasteiger partial charge >= 0.3 is 0 Å². The lowest BCUT2D eigenvalue weighted by molar-refractivity contribution is -0.0166. The van der Waals surface area contributed by atoms with Crippen LogP contribution in [0.4, 0.5) is 0 Å². The summed E-state index contributed by atoms with van der Waals surface area (Å²) in [4.78, 5) is 9.67. The zero-order chi connectivity index (χ0) is 19.2. The minimum absolute atomic E-state index is 0. The first-order valence-electron chi connectivity index (χ1n) is 10.7. The largest absolute Gasteiger partial charge is 0.381 e. The van der Waals surface area contributed by atoms with Crippen LogP contribution in [0.25, 0.3) is 0 Å². The molecule has 164 valence electrons. The van der Waals surface area contributed by atoms with E-state index in [-0.39, 0.29) is 35.1 Å². The molecule has 28 heavy (non-hydrogen) atoms. The molecule has 0 unspecified atom stereocenters. The molecule has 7 nitrogen and oxygen atoms in total. The lowest BCUT2D eigenvalue weighted by atomic mass is 9.88. The average Bonchev–Trinajstić information content (AvgIpc) is 3.25. The van der Waals surface area contributed by atoms with Gasteiger partial charge in [-0.3, -0.25) is 14.8 Å².